The summed E-state index contributed by atoms with van der Waals surface area (Å²) in [6, 6.07) is 11.4. The molecule has 2 N–H and O–H groups in total. The monoisotopic (exact) mass is 333 g/mol. The summed E-state index contributed by atoms with van der Waals surface area (Å²) in [5.74, 6) is -0.150. The quantitative estimate of drug-likeness (QED) is 0.876. The van der Waals surface area contributed by atoms with E-state index in [9.17, 15) is 4.79 Å². The highest BCUT2D eigenvalue weighted by atomic mass is 79.9. The van der Waals surface area contributed by atoms with Gasteiger partial charge in [0.15, 0.2) is 0 Å². The second-order valence-electron chi connectivity index (χ2n) is 4.29. The number of hydrogen-bond acceptors (Lipinski definition) is 3. The van der Waals surface area contributed by atoms with E-state index in [-0.39, 0.29) is 5.91 Å². The lowest BCUT2D eigenvalue weighted by Crippen LogP contribution is -2.24. The summed E-state index contributed by atoms with van der Waals surface area (Å²) in [5.41, 5.74) is 2.18. The van der Waals surface area contributed by atoms with Crippen LogP contribution in [0, 0.1) is 0 Å². The number of carbonyl (C=O) groups excluding carboxylic acids is 1. The minimum atomic E-state index is -0.150. The van der Waals surface area contributed by atoms with Crippen LogP contribution in [0.1, 0.15) is 23.8 Å². The van der Waals surface area contributed by atoms with Crippen LogP contribution in [0.4, 0.5) is 11.4 Å². The molecule has 0 spiro atoms. The number of aromatic nitrogens is 1. The van der Waals surface area contributed by atoms with Crippen molar-refractivity contribution >= 4 is 33.2 Å². The van der Waals surface area contributed by atoms with Crippen molar-refractivity contribution in [3.63, 3.8) is 0 Å². The molecule has 0 saturated carbocycles. The van der Waals surface area contributed by atoms with E-state index in [0.29, 0.717) is 12.2 Å². The molecule has 0 saturated heterocycles. The SMILES string of the molecule is CCCNC(=O)c1cc(Nc2ccccc2Br)ccn1. The Bertz CT molecular complexity index is 601. The Labute approximate surface area is 126 Å². The fourth-order valence-electron chi connectivity index (χ4n) is 1.68. The highest BCUT2D eigenvalue weighted by Gasteiger charge is 2.07. The summed E-state index contributed by atoms with van der Waals surface area (Å²) < 4.78 is 0.966. The molecule has 1 aromatic heterocycles. The number of halogens is 1. The number of carbonyl (C=O) groups is 1. The Morgan fingerprint density at radius 2 is 2.10 bits per heavy atom. The molecule has 0 aliphatic carbocycles. The van der Waals surface area contributed by atoms with E-state index in [2.05, 4.69) is 31.5 Å². The van der Waals surface area contributed by atoms with Crippen LogP contribution >= 0.6 is 15.9 Å². The van der Waals surface area contributed by atoms with E-state index in [1.54, 1.807) is 12.3 Å². The smallest absolute Gasteiger partial charge is 0.269 e. The van der Waals surface area contributed by atoms with Gasteiger partial charge in [0.2, 0.25) is 0 Å². The number of anilines is 2. The molecule has 4 nitrogen and oxygen atoms in total. The van der Waals surface area contributed by atoms with E-state index in [4.69, 9.17) is 0 Å². The molecule has 0 bridgehead atoms. The van der Waals surface area contributed by atoms with Crippen molar-refractivity contribution < 1.29 is 4.79 Å². The molecule has 20 heavy (non-hydrogen) atoms. The molecule has 1 aromatic carbocycles. The van der Waals surface area contributed by atoms with E-state index >= 15 is 0 Å². The molecule has 0 radical (unpaired) electrons. The number of rotatable bonds is 5. The Morgan fingerprint density at radius 1 is 1.30 bits per heavy atom. The van der Waals surface area contributed by atoms with Gasteiger partial charge in [-0.2, -0.15) is 0 Å². The molecule has 2 aromatic rings. The number of amides is 1. The molecule has 1 heterocycles. The standard InChI is InChI=1S/C15H16BrN3O/c1-2-8-18-15(20)14-10-11(7-9-17-14)19-13-6-4-3-5-12(13)16/h3-7,9-10H,2,8H2,1H3,(H,17,19)(H,18,20). The van der Waals surface area contributed by atoms with Gasteiger partial charge in [-0.05, 0) is 46.6 Å². The van der Waals surface area contributed by atoms with Gasteiger partial charge in [-0.3, -0.25) is 9.78 Å². The van der Waals surface area contributed by atoms with Crippen molar-refractivity contribution in [1.29, 1.82) is 0 Å². The second kappa shape index (κ2) is 7.05. The zero-order valence-corrected chi connectivity index (χ0v) is 12.8. The van der Waals surface area contributed by atoms with Gasteiger partial charge in [-0.1, -0.05) is 19.1 Å². The molecule has 0 aliphatic rings. The lowest BCUT2D eigenvalue weighted by atomic mass is 10.2. The van der Waals surface area contributed by atoms with E-state index < -0.39 is 0 Å². The van der Waals surface area contributed by atoms with Gasteiger partial charge in [0.1, 0.15) is 5.69 Å². The van der Waals surface area contributed by atoms with Crippen molar-refractivity contribution in [2.45, 2.75) is 13.3 Å². The molecule has 0 fully saturated rings. The van der Waals surface area contributed by atoms with Crippen molar-refractivity contribution in [1.82, 2.24) is 10.3 Å². The van der Waals surface area contributed by atoms with Gasteiger partial charge in [0, 0.05) is 22.9 Å². The highest BCUT2D eigenvalue weighted by Crippen LogP contribution is 2.25. The molecule has 0 unspecified atom stereocenters. The fraction of sp³-hybridized carbons (Fsp3) is 0.200. The lowest BCUT2D eigenvalue weighted by Gasteiger charge is -2.09. The minimum Gasteiger partial charge on any atom is -0.354 e. The number of nitrogens with zero attached hydrogens (tertiary/aromatic N) is 1. The maximum absolute atomic E-state index is 11.9. The van der Waals surface area contributed by atoms with E-state index in [1.165, 1.54) is 0 Å². The van der Waals surface area contributed by atoms with Crippen LogP contribution in [0.15, 0.2) is 47.1 Å². The summed E-state index contributed by atoms with van der Waals surface area (Å²) in [6.07, 6.45) is 2.53. The van der Waals surface area contributed by atoms with Gasteiger partial charge in [-0.25, -0.2) is 0 Å². The Balaban J connectivity index is 2.14. The molecule has 0 aliphatic heterocycles. The zero-order valence-electron chi connectivity index (χ0n) is 11.2. The van der Waals surface area contributed by atoms with E-state index in [1.807, 2.05) is 37.3 Å². The van der Waals surface area contributed by atoms with Crippen molar-refractivity contribution in [2.75, 3.05) is 11.9 Å². The first kappa shape index (κ1) is 14.5. The Kier molecular flexibility index (Phi) is 5.12. The van der Waals surface area contributed by atoms with Crippen LogP contribution in [0.2, 0.25) is 0 Å². The third-order valence-electron chi connectivity index (χ3n) is 2.68. The normalized spacial score (nSPS) is 10.1. The highest BCUT2D eigenvalue weighted by molar-refractivity contribution is 9.10. The predicted molar refractivity (Wildman–Crippen MR) is 84.3 cm³/mol. The van der Waals surface area contributed by atoms with Gasteiger partial charge >= 0.3 is 0 Å². The molecule has 1 amide bonds. The third-order valence-corrected chi connectivity index (χ3v) is 3.37. The van der Waals surface area contributed by atoms with Crippen molar-refractivity contribution in [3.8, 4) is 0 Å². The maximum atomic E-state index is 11.9. The number of pyridine rings is 1. The number of benzene rings is 1. The topological polar surface area (TPSA) is 54.0 Å². The van der Waals surface area contributed by atoms with Crippen LogP contribution in [-0.4, -0.2) is 17.4 Å². The molecule has 104 valence electrons. The number of hydrogen-bond donors (Lipinski definition) is 2. The first-order valence-electron chi connectivity index (χ1n) is 6.46. The van der Waals surface area contributed by atoms with Crippen LogP contribution in [-0.2, 0) is 0 Å². The second-order valence-corrected chi connectivity index (χ2v) is 5.14. The van der Waals surface area contributed by atoms with Crippen molar-refractivity contribution in [2.24, 2.45) is 0 Å². The molecule has 5 heteroatoms. The fourth-order valence-corrected chi connectivity index (χ4v) is 2.06. The molecule has 0 atom stereocenters. The summed E-state index contributed by atoms with van der Waals surface area (Å²) in [6.45, 7) is 2.67. The Hall–Kier alpha value is -1.88. The van der Waals surface area contributed by atoms with Gasteiger partial charge in [0.05, 0.1) is 5.69 Å². The maximum Gasteiger partial charge on any atom is 0.269 e. The van der Waals surface area contributed by atoms with Gasteiger partial charge < -0.3 is 10.6 Å². The molecular weight excluding hydrogens is 318 g/mol. The summed E-state index contributed by atoms with van der Waals surface area (Å²) in [5, 5.41) is 6.07. The lowest BCUT2D eigenvalue weighted by molar-refractivity contribution is 0.0949. The van der Waals surface area contributed by atoms with Gasteiger partial charge in [-0.15, -0.1) is 0 Å². The summed E-state index contributed by atoms with van der Waals surface area (Å²) in [7, 11) is 0. The molecule has 2 rings (SSSR count). The third kappa shape index (κ3) is 3.81. The number of para-hydroxylation sites is 1. The first-order chi connectivity index (χ1) is 9.70. The van der Waals surface area contributed by atoms with Crippen LogP contribution in [0.3, 0.4) is 0 Å². The van der Waals surface area contributed by atoms with Gasteiger partial charge in [0.25, 0.3) is 5.91 Å². The largest absolute Gasteiger partial charge is 0.354 e. The number of nitrogens with one attached hydrogen (secondary N) is 2. The van der Waals surface area contributed by atoms with Crippen molar-refractivity contribution in [3.05, 3.63) is 52.8 Å². The van der Waals surface area contributed by atoms with Crippen LogP contribution in [0.25, 0.3) is 0 Å². The zero-order chi connectivity index (χ0) is 14.4. The predicted octanol–water partition coefficient (Wildman–Crippen LogP) is 3.73. The Morgan fingerprint density at radius 3 is 2.85 bits per heavy atom. The summed E-state index contributed by atoms with van der Waals surface area (Å²) >= 11 is 3.48. The minimum absolute atomic E-state index is 0.150. The van der Waals surface area contributed by atoms with E-state index in [0.717, 1.165) is 22.3 Å². The summed E-state index contributed by atoms with van der Waals surface area (Å²) in [4.78, 5) is 16.0. The van der Waals surface area contributed by atoms with Crippen LogP contribution in [0.5, 0.6) is 0 Å². The van der Waals surface area contributed by atoms with Crippen LogP contribution < -0.4 is 10.6 Å². The first-order valence-corrected chi connectivity index (χ1v) is 7.26. The molecular formula is C15H16BrN3O. The average Bonchev–Trinajstić information content (AvgIpc) is 2.47. The average molecular weight is 334 g/mol.